The normalized spacial score (nSPS) is 15.0. The standard InChI is InChI=1S/C16H21BrN2O3.ClH/c1-22-15-4-2-11(17)10-13(15)14(20)3-5-16(21)19-8-6-12(18)7-9-19;/h2,4,10,12H,3,5-9,18H2,1H3;1H. The number of amides is 1. The predicted octanol–water partition coefficient (Wildman–Crippen LogP) is 2.79. The fraction of sp³-hybridized carbons (Fsp3) is 0.500. The van der Waals surface area contributed by atoms with E-state index in [9.17, 15) is 9.59 Å². The molecule has 0 unspecified atom stereocenters. The van der Waals surface area contributed by atoms with Crippen LogP contribution in [-0.2, 0) is 4.79 Å². The second-order valence-corrected chi connectivity index (χ2v) is 6.40. The number of nitrogens with zero attached hydrogens (tertiary/aromatic N) is 1. The van der Waals surface area contributed by atoms with Gasteiger partial charge in [0.1, 0.15) is 5.75 Å². The van der Waals surface area contributed by atoms with Crippen molar-refractivity contribution in [3.05, 3.63) is 28.2 Å². The summed E-state index contributed by atoms with van der Waals surface area (Å²) in [4.78, 5) is 26.3. The van der Waals surface area contributed by atoms with Gasteiger partial charge in [0.25, 0.3) is 0 Å². The average Bonchev–Trinajstić information content (AvgIpc) is 2.53. The second-order valence-electron chi connectivity index (χ2n) is 5.49. The number of piperidine rings is 1. The van der Waals surface area contributed by atoms with Gasteiger partial charge in [-0.15, -0.1) is 12.4 Å². The van der Waals surface area contributed by atoms with Gasteiger partial charge in [0.15, 0.2) is 5.78 Å². The van der Waals surface area contributed by atoms with Crippen molar-refractivity contribution in [3.8, 4) is 5.75 Å². The van der Waals surface area contributed by atoms with Gasteiger partial charge in [-0.05, 0) is 31.0 Å². The molecule has 0 aromatic heterocycles. The van der Waals surface area contributed by atoms with Crippen molar-refractivity contribution in [2.75, 3.05) is 20.2 Å². The molecular formula is C16H22BrClN2O3. The van der Waals surface area contributed by atoms with Crippen LogP contribution in [-0.4, -0.2) is 42.8 Å². The lowest BCUT2D eigenvalue weighted by atomic mass is 10.0. The highest BCUT2D eigenvalue weighted by atomic mass is 79.9. The first kappa shape index (κ1) is 19.9. The number of Topliss-reactive ketones (excluding diaryl/α,β-unsaturated/α-hetero) is 1. The summed E-state index contributed by atoms with van der Waals surface area (Å²) in [5.41, 5.74) is 6.34. The number of ketones is 1. The Kier molecular flexibility index (Phi) is 8.02. The van der Waals surface area contributed by atoms with Crippen LogP contribution in [0.4, 0.5) is 0 Å². The van der Waals surface area contributed by atoms with E-state index < -0.39 is 0 Å². The van der Waals surface area contributed by atoms with Gasteiger partial charge in [-0.2, -0.15) is 0 Å². The predicted molar refractivity (Wildman–Crippen MR) is 95.3 cm³/mol. The van der Waals surface area contributed by atoms with Gasteiger partial charge in [0.05, 0.1) is 12.7 Å². The Morgan fingerprint density at radius 3 is 2.57 bits per heavy atom. The third-order valence-corrected chi connectivity index (χ3v) is 4.41. The minimum atomic E-state index is -0.0831. The lowest BCUT2D eigenvalue weighted by Crippen LogP contribution is -2.42. The van der Waals surface area contributed by atoms with E-state index in [-0.39, 0.29) is 43.0 Å². The molecule has 2 N–H and O–H groups in total. The molecule has 1 saturated heterocycles. The number of methoxy groups -OCH3 is 1. The summed E-state index contributed by atoms with van der Waals surface area (Å²) in [6.07, 6.45) is 2.08. The van der Waals surface area contributed by atoms with Gasteiger partial charge in [-0.25, -0.2) is 0 Å². The first-order valence-electron chi connectivity index (χ1n) is 7.41. The Labute approximate surface area is 151 Å². The summed E-state index contributed by atoms with van der Waals surface area (Å²) in [6.45, 7) is 1.38. The zero-order chi connectivity index (χ0) is 16.1. The molecule has 1 heterocycles. The Morgan fingerprint density at radius 2 is 1.96 bits per heavy atom. The summed E-state index contributed by atoms with van der Waals surface area (Å²) in [7, 11) is 1.53. The van der Waals surface area contributed by atoms with Gasteiger partial charge in [0.2, 0.25) is 5.91 Å². The highest BCUT2D eigenvalue weighted by Crippen LogP contribution is 2.24. The topological polar surface area (TPSA) is 72.6 Å². The molecule has 1 aliphatic heterocycles. The first-order valence-corrected chi connectivity index (χ1v) is 8.20. The van der Waals surface area contributed by atoms with Crippen molar-refractivity contribution in [1.82, 2.24) is 4.90 Å². The molecule has 0 radical (unpaired) electrons. The van der Waals surface area contributed by atoms with Crippen molar-refractivity contribution in [1.29, 1.82) is 0 Å². The number of carbonyl (C=O) groups excluding carboxylic acids is 2. The van der Waals surface area contributed by atoms with E-state index in [2.05, 4.69) is 15.9 Å². The molecule has 1 amide bonds. The zero-order valence-corrected chi connectivity index (χ0v) is 15.5. The van der Waals surface area contributed by atoms with Gasteiger partial charge >= 0.3 is 0 Å². The number of halogens is 2. The fourth-order valence-electron chi connectivity index (χ4n) is 2.56. The monoisotopic (exact) mass is 404 g/mol. The summed E-state index contributed by atoms with van der Waals surface area (Å²) < 4.78 is 6.02. The van der Waals surface area contributed by atoms with Crippen LogP contribution in [0.2, 0.25) is 0 Å². The van der Waals surface area contributed by atoms with Crippen molar-refractivity contribution in [2.45, 2.75) is 31.7 Å². The van der Waals surface area contributed by atoms with E-state index >= 15 is 0 Å². The minimum Gasteiger partial charge on any atom is -0.496 e. The fourth-order valence-corrected chi connectivity index (χ4v) is 2.92. The maximum atomic E-state index is 12.3. The van der Waals surface area contributed by atoms with Gasteiger partial charge in [0, 0.05) is 36.4 Å². The van der Waals surface area contributed by atoms with Crippen molar-refractivity contribution in [2.24, 2.45) is 5.73 Å². The van der Waals surface area contributed by atoms with Crippen LogP contribution >= 0.6 is 28.3 Å². The average molecular weight is 406 g/mol. The molecule has 23 heavy (non-hydrogen) atoms. The molecular weight excluding hydrogens is 384 g/mol. The molecule has 0 saturated carbocycles. The van der Waals surface area contributed by atoms with E-state index in [0.29, 0.717) is 24.4 Å². The van der Waals surface area contributed by atoms with Crippen LogP contribution < -0.4 is 10.5 Å². The number of hydrogen-bond donors (Lipinski definition) is 1. The Balaban J connectivity index is 0.00000264. The SMILES string of the molecule is COc1ccc(Br)cc1C(=O)CCC(=O)N1CCC(N)CC1.Cl. The van der Waals surface area contributed by atoms with Crippen LogP contribution in [0.15, 0.2) is 22.7 Å². The van der Waals surface area contributed by atoms with Crippen LogP contribution in [0.5, 0.6) is 5.75 Å². The minimum absolute atomic E-state index is 0. The third kappa shape index (κ3) is 5.48. The number of benzene rings is 1. The lowest BCUT2D eigenvalue weighted by Gasteiger charge is -2.30. The van der Waals surface area contributed by atoms with E-state index in [1.54, 1.807) is 17.0 Å². The molecule has 0 aliphatic carbocycles. The number of carbonyl (C=O) groups is 2. The summed E-state index contributed by atoms with van der Waals surface area (Å²) in [5.74, 6) is 0.471. The van der Waals surface area contributed by atoms with Crippen LogP contribution in [0.1, 0.15) is 36.0 Å². The van der Waals surface area contributed by atoms with Crippen molar-refractivity contribution >= 4 is 40.0 Å². The molecule has 1 fully saturated rings. The van der Waals surface area contributed by atoms with Gasteiger partial charge in [-0.1, -0.05) is 15.9 Å². The van der Waals surface area contributed by atoms with E-state index in [0.717, 1.165) is 17.3 Å². The molecule has 2 rings (SSSR count). The largest absolute Gasteiger partial charge is 0.496 e. The molecule has 128 valence electrons. The lowest BCUT2D eigenvalue weighted by molar-refractivity contribution is -0.132. The summed E-state index contributed by atoms with van der Waals surface area (Å²) in [5, 5.41) is 0. The number of likely N-dealkylation sites (tertiary alicyclic amines) is 1. The van der Waals surface area contributed by atoms with Gasteiger partial charge in [-0.3, -0.25) is 9.59 Å². The first-order chi connectivity index (χ1) is 10.5. The number of hydrogen-bond acceptors (Lipinski definition) is 4. The Hall–Kier alpha value is -1.11. The molecule has 5 nitrogen and oxygen atoms in total. The van der Waals surface area contributed by atoms with Crippen LogP contribution in [0.25, 0.3) is 0 Å². The number of nitrogens with two attached hydrogens (primary N) is 1. The number of rotatable bonds is 5. The van der Waals surface area contributed by atoms with Crippen LogP contribution in [0.3, 0.4) is 0 Å². The molecule has 0 spiro atoms. The zero-order valence-electron chi connectivity index (χ0n) is 13.1. The van der Waals surface area contributed by atoms with Crippen LogP contribution in [0, 0.1) is 0 Å². The third-order valence-electron chi connectivity index (χ3n) is 3.92. The summed E-state index contributed by atoms with van der Waals surface area (Å²) >= 11 is 3.35. The smallest absolute Gasteiger partial charge is 0.223 e. The second kappa shape index (κ2) is 9.25. The van der Waals surface area contributed by atoms with Crippen molar-refractivity contribution in [3.63, 3.8) is 0 Å². The summed E-state index contributed by atoms with van der Waals surface area (Å²) in [6, 6.07) is 5.48. The quantitative estimate of drug-likeness (QED) is 0.765. The van der Waals surface area contributed by atoms with Crippen molar-refractivity contribution < 1.29 is 14.3 Å². The molecule has 0 atom stereocenters. The molecule has 1 aromatic rings. The Bertz CT molecular complexity index is 560. The maximum absolute atomic E-state index is 12.3. The molecule has 1 aliphatic rings. The van der Waals surface area contributed by atoms with Gasteiger partial charge < -0.3 is 15.4 Å². The van der Waals surface area contributed by atoms with E-state index in [1.807, 2.05) is 6.07 Å². The molecule has 1 aromatic carbocycles. The maximum Gasteiger partial charge on any atom is 0.223 e. The molecule has 0 bridgehead atoms. The highest BCUT2D eigenvalue weighted by molar-refractivity contribution is 9.10. The van der Waals surface area contributed by atoms with E-state index in [1.165, 1.54) is 7.11 Å². The highest BCUT2D eigenvalue weighted by Gasteiger charge is 2.21. The number of ether oxygens (including phenoxy) is 1. The molecule has 7 heteroatoms. The Morgan fingerprint density at radius 1 is 1.30 bits per heavy atom. The van der Waals surface area contributed by atoms with E-state index in [4.69, 9.17) is 10.5 Å².